The summed E-state index contributed by atoms with van der Waals surface area (Å²) in [5.41, 5.74) is 1.13. The van der Waals surface area contributed by atoms with Gasteiger partial charge in [-0.2, -0.15) is 11.8 Å². The summed E-state index contributed by atoms with van der Waals surface area (Å²) in [6, 6.07) is 8.63. The van der Waals surface area contributed by atoms with Gasteiger partial charge in [0.05, 0.1) is 12.8 Å². The van der Waals surface area contributed by atoms with E-state index in [1.54, 1.807) is 37.1 Å². The minimum atomic E-state index is -0.309. The van der Waals surface area contributed by atoms with Crippen LogP contribution in [0, 0.1) is 0 Å². The molecule has 0 spiro atoms. The molecule has 2 rings (SSSR count). The SMILES string of the molecule is COc1ccc(NC(C)=O)cc1NC(=O)[C@H](CCSC)n1cccc1. The first-order chi connectivity index (χ1) is 12.0. The first-order valence-electron chi connectivity index (χ1n) is 7.93. The lowest BCUT2D eigenvalue weighted by Gasteiger charge is -2.19. The van der Waals surface area contributed by atoms with Crippen molar-refractivity contribution in [2.24, 2.45) is 0 Å². The number of carbonyl (C=O) groups excluding carboxylic acids is 2. The zero-order valence-electron chi connectivity index (χ0n) is 14.6. The number of nitrogens with zero attached hydrogens (tertiary/aromatic N) is 1. The molecule has 1 aromatic heterocycles. The van der Waals surface area contributed by atoms with Gasteiger partial charge < -0.3 is 19.9 Å². The highest BCUT2D eigenvalue weighted by molar-refractivity contribution is 7.98. The van der Waals surface area contributed by atoms with Crippen molar-refractivity contribution in [2.75, 3.05) is 29.8 Å². The van der Waals surface area contributed by atoms with E-state index in [1.807, 2.05) is 35.3 Å². The van der Waals surface area contributed by atoms with Gasteiger partial charge in [0.15, 0.2) is 0 Å². The summed E-state index contributed by atoms with van der Waals surface area (Å²) in [5.74, 6) is 1.12. The Kier molecular flexibility index (Phi) is 6.94. The minimum absolute atomic E-state index is 0.122. The Morgan fingerprint density at radius 1 is 1.24 bits per heavy atom. The first kappa shape index (κ1) is 18.9. The molecule has 1 heterocycles. The number of nitrogens with one attached hydrogen (secondary N) is 2. The van der Waals surface area contributed by atoms with Gasteiger partial charge in [-0.25, -0.2) is 0 Å². The molecule has 0 radical (unpaired) electrons. The van der Waals surface area contributed by atoms with Crippen LogP contribution < -0.4 is 15.4 Å². The molecule has 2 aromatic rings. The fourth-order valence-corrected chi connectivity index (χ4v) is 2.96. The highest BCUT2D eigenvalue weighted by atomic mass is 32.2. The molecule has 0 unspecified atom stereocenters. The molecule has 0 aliphatic carbocycles. The topological polar surface area (TPSA) is 72.4 Å². The minimum Gasteiger partial charge on any atom is -0.495 e. The number of hydrogen-bond acceptors (Lipinski definition) is 4. The van der Waals surface area contributed by atoms with E-state index >= 15 is 0 Å². The van der Waals surface area contributed by atoms with Gasteiger partial charge in [0.25, 0.3) is 0 Å². The summed E-state index contributed by atoms with van der Waals surface area (Å²) in [7, 11) is 1.54. The van der Waals surface area contributed by atoms with Crippen molar-refractivity contribution in [3.05, 3.63) is 42.7 Å². The molecule has 2 N–H and O–H groups in total. The molecule has 0 aliphatic heterocycles. The molecule has 25 heavy (non-hydrogen) atoms. The Morgan fingerprint density at radius 2 is 1.96 bits per heavy atom. The molecule has 7 heteroatoms. The molecule has 1 aromatic carbocycles. The van der Waals surface area contributed by atoms with E-state index in [4.69, 9.17) is 4.74 Å². The van der Waals surface area contributed by atoms with E-state index in [9.17, 15) is 9.59 Å². The number of carbonyl (C=O) groups is 2. The molecule has 134 valence electrons. The molecule has 0 fully saturated rings. The summed E-state index contributed by atoms with van der Waals surface area (Å²) < 4.78 is 7.22. The van der Waals surface area contributed by atoms with Gasteiger partial charge in [-0.3, -0.25) is 9.59 Å². The van der Waals surface area contributed by atoms with Crippen LogP contribution in [-0.4, -0.2) is 35.5 Å². The monoisotopic (exact) mass is 361 g/mol. The van der Waals surface area contributed by atoms with E-state index < -0.39 is 0 Å². The number of thioether (sulfide) groups is 1. The van der Waals surface area contributed by atoms with Crippen LogP contribution in [0.1, 0.15) is 19.4 Å². The van der Waals surface area contributed by atoms with Crippen LogP contribution >= 0.6 is 11.8 Å². The lowest BCUT2D eigenvalue weighted by Crippen LogP contribution is -2.26. The van der Waals surface area contributed by atoms with Crippen molar-refractivity contribution in [1.29, 1.82) is 0 Å². The maximum Gasteiger partial charge on any atom is 0.247 e. The van der Waals surface area contributed by atoms with Crippen LogP contribution in [0.4, 0.5) is 11.4 Å². The molecular weight excluding hydrogens is 338 g/mol. The lowest BCUT2D eigenvalue weighted by molar-refractivity contribution is -0.119. The number of rotatable bonds is 8. The lowest BCUT2D eigenvalue weighted by atomic mass is 10.2. The molecule has 0 aliphatic rings. The molecular formula is C18H23N3O3S. The summed E-state index contributed by atoms with van der Waals surface area (Å²) in [4.78, 5) is 24.1. The molecule has 0 saturated heterocycles. The van der Waals surface area contributed by atoms with Gasteiger partial charge in [0.1, 0.15) is 11.8 Å². The number of benzene rings is 1. The summed E-state index contributed by atoms with van der Waals surface area (Å²) in [6.45, 7) is 1.44. The van der Waals surface area contributed by atoms with Crippen molar-refractivity contribution < 1.29 is 14.3 Å². The Labute approximate surface area is 151 Å². The van der Waals surface area contributed by atoms with E-state index in [1.165, 1.54) is 6.92 Å². The standard InChI is InChI=1S/C18H23N3O3S/c1-13(22)19-14-6-7-17(24-2)15(12-14)20-18(23)16(8-11-25-3)21-9-4-5-10-21/h4-7,9-10,12,16H,8,11H2,1-3H3,(H,19,22)(H,20,23)/t16-/m0/s1. The van der Waals surface area contributed by atoms with E-state index in [0.29, 0.717) is 17.1 Å². The number of anilines is 2. The zero-order chi connectivity index (χ0) is 18.2. The number of aromatic nitrogens is 1. The van der Waals surface area contributed by atoms with Crippen molar-refractivity contribution in [3.63, 3.8) is 0 Å². The van der Waals surface area contributed by atoms with Crippen molar-refractivity contribution >= 4 is 35.0 Å². The second kappa shape index (κ2) is 9.17. The predicted octanol–water partition coefficient (Wildman–Crippen LogP) is 3.39. The number of hydrogen-bond donors (Lipinski definition) is 2. The van der Waals surface area contributed by atoms with Gasteiger partial charge in [-0.1, -0.05) is 0 Å². The molecule has 0 saturated carbocycles. The van der Waals surface area contributed by atoms with Gasteiger partial charge in [-0.15, -0.1) is 0 Å². The van der Waals surface area contributed by atoms with Crippen LogP contribution in [0.3, 0.4) is 0 Å². The van der Waals surface area contributed by atoms with Crippen LogP contribution in [0.25, 0.3) is 0 Å². The molecule has 0 bridgehead atoms. The predicted molar refractivity (Wildman–Crippen MR) is 102 cm³/mol. The largest absolute Gasteiger partial charge is 0.495 e. The van der Waals surface area contributed by atoms with Crippen molar-refractivity contribution in [3.8, 4) is 5.75 Å². The quantitative estimate of drug-likeness (QED) is 0.756. The summed E-state index contributed by atoms with van der Waals surface area (Å²) in [5, 5.41) is 5.63. The van der Waals surface area contributed by atoms with Gasteiger partial charge >= 0.3 is 0 Å². The summed E-state index contributed by atoms with van der Waals surface area (Å²) in [6.07, 6.45) is 6.50. The fraction of sp³-hybridized carbons (Fsp3) is 0.333. The average molecular weight is 361 g/mol. The van der Waals surface area contributed by atoms with Crippen molar-refractivity contribution in [2.45, 2.75) is 19.4 Å². The van der Waals surface area contributed by atoms with Crippen LogP contribution in [-0.2, 0) is 9.59 Å². The first-order valence-corrected chi connectivity index (χ1v) is 9.32. The molecule has 1 atom stereocenters. The van der Waals surface area contributed by atoms with Gasteiger partial charge in [0.2, 0.25) is 11.8 Å². The second-order valence-corrected chi connectivity index (χ2v) is 6.50. The zero-order valence-corrected chi connectivity index (χ0v) is 15.4. The van der Waals surface area contributed by atoms with Gasteiger partial charge in [-0.05, 0) is 48.8 Å². The Bertz CT molecular complexity index is 716. The molecule has 6 nitrogen and oxygen atoms in total. The Balaban J connectivity index is 2.22. The van der Waals surface area contributed by atoms with Crippen LogP contribution in [0.2, 0.25) is 0 Å². The highest BCUT2D eigenvalue weighted by Gasteiger charge is 2.20. The number of amides is 2. The van der Waals surface area contributed by atoms with Crippen molar-refractivity contribution in [1.82, 2.24) is 4.57 Å². The summed E-state index contributed by atoms with van der Waals surface area (Å²) >= 11 is 1.70. The third kappa shape index (κ3) is 5.29. The van der Waals surface area contributed by atoms with E-state index in [-0.39, 0.29) is 17.9 Å². The van der Waals surface area contributed by atoms with Gasteiger partial charge in [0, 0.05) is 25.0 Å². The maximum absolute atomic E-state index is 12.8. The van der Waals surface area contributed by atoms with Crippen LogP contribution in [0.5, 0.6) is 5.75 Å². The smallest absolute Gasteiger partial charge is 0.247 e. The number of methoxy groups -OCH3 is 1. The van der Waals surface area contributed by atoms with E-state index in [2.05, 4.69) is 10.6 Å². The third-order valence-electron chi connectivity index (χ3n) is 3.66. The maximum atomic E-state index is 12.8. The highest BCUT2D eigenvalue weighted by Crippen LogP contribution is 2.29. The molecule has 2 amide bonds. The fourth-order valence-electron chi connectivity index (χ4n) is 2.50. The Morgan fingerprint density at radius 3 is 2.56 bits per heavy atom. The normalized spacial score (nSPS) is 11.6. The average Bonchev–Trinajstić information content (AvgIpc) is 3.09. The van der Waals surface area contributed by atoms with E-state index in [0.717, 1.165) is 12.2 Å². The third-order valence-corrected chi connectivity index (χ3v) is 4.31. The Hall–Kier alpha value is -2.41. The number of ether oxygens (including phenoxy) is 1. The second-order valence-electron chi connectivity index (χ2n) is 5.51. The van der Waals surface area contributed by atoms with Crippen LogP contribution in [0.15, 0.2) is 42.7 Å².